The number of carboxylic acid groups (broad SMARTS) is 1. The monoisotopic (exact) mass is 281 g/mol. The van der Waals surface area contributed by atoms with E-state index in [2.05, 4.69) is 30.0 Å². The summed E-state index contributed by atoms with van der Waals surface area (Å²) >= 11 is 0. The van der Waals surface area contributed by atoms with Gasteiger partial charge in [0.2, 0.25) is 0 Å². The van der Waals surface area contributed by atoms with Gasteiger partial charge < -0.3 is 15.3 Å². The standard InChI is InChI=1S/C14H23N3O3/c1-4-6-12(13(18)19)15-14(20)17-9-7-16(8-10-17)11(3)5-2/h1,11-12H,5-10H2,2-3H3,(H,15,20)(H,18,19). The third-order valence-corrected chi connectivity index (χ3v) is 3.73. The molecule has 2 N–H and O–H groups in total. The average Bonchev–Trinajstić information content (AvgIpc) is 2.45. The number of urea groups is 1. The van der Waals surface area contributed by atoms with E-state index in [1.54, 1.807) is 4.90 Å². The number of hydrogen-bond acceptors (Lipinski definition) is 3. The fourth-order valence-corrected chi connectivity index (χ4v) is 2.18. The van der Waals surface area contributed by atoms with Gasteiger partial charge in [0.1, 0.15) is 6.04 Å². The van der Waals surface area contributed by atoms with Crippen LogP contribution in [0.5, 0.6) is 0 Å². The summed E-state index contributed by atoms with van der Waals surface area (Å²) in [6.07, 6.45) is 6.18. The molecule has 20 heavy (non-hydrogen) atoms. The summed E-state index contributed by atoms with van der Waals surface area (Å²) in [5.41, 5.74) is 0. The van der Waals surface area contributed by atoms with Crippen LogP contribution in [0.1, 0.15) is 26.7 Å². The average molecular weight is 281 g/mol. The minimum Gasteiger partial charge on any atom is -0.480 e. The molecule has 0 spiro atoms. The smallest absolute Gasteiger partial charge is 0.327 e. The summed E-state index contributed by atoms with van der Waals surface area (Å²) in [6, 6.07) is -0.857. The summed E-state index contributed by atoms with van der Waals surface area (Å²) in [5.74, 6) is 1.16. The second-order valence-corrected chi connectivity index (χ2v) is 5.03. The van der Waals surface area contributed by atoms with Gasteiger partial charge in [-0.15, -0.1) is 12.3 Å². The van der Waals surface area contributed by atoms with E-state index in [1.807, 2.05) is 0 Å². The minimum absolute atomic E-state index is 0.00604. The number of rotatable bonds is 5. The van der Waals surface area contributed by atoms with Crippen LogP contribution in [0, 0.1) is 12.3 Å². The largest absolute Gasteiger partial charge is 0.480 e. The topological polar surface area (TPSA) is 72.9 Å². The molecule has 2 unspecified atom stereocenters. The number of aliphatic carboxylic acids is 1. The Morgan fingerprint density at radius 2 is 1.95 bits per heavy atom. The molecule has 1 aliphatic rings. The third-order valence-electron chi connectivity index (χ3n) is 3.73. The number of hydrogen-bond donors (Lipinski definition) is 2. The number of nitrogens with one attached hydrogen (secondary N) is 1. The molecule has 6 nitrogen and oxygen atoms in total. The molecule has 0 aromatic heterocycles. The van der Waals surface area contributed by atoms with E-state index >= 15 is 0 Å². The molecule has 6 heteroatoms. The first-order chi connectivity index (χ1) is 9.49. The highest BCUT2D eigenvalue weighted by molar-refractivity contribution is 5.82. The first-order valence-corrected chi connectivity index (χ1v) is 6.95. The third kappa shape index (κ3) is 4.42. The van der Waals surface area contributed by atoms with Crippen molar-refractivity contribution in [2.24, 2.45) is 0 Å². The zero-order chi connectivity index (χ0) is 15.1. The van der Waals surface area contributed by atoms with Crippen LogP contribution in [0.4, 0.5) is 4.79 Å². The molecule has 0 aliphatic carbocycles. The van der Waals surface area contributed by atoms with Crippen molar-refractivity contribution in [2.75, 3.05) is 26.2 Å². The first kappa shape index (κ1) is 16.3. The van der Waals surface area contributed by atoms with Crippen molar-refractivity contribution >= 4 is 12.0 Å². The number of amides is 2. The lowest BCUT2D eigenvalue weighted by Crippen LogP contribution is -2.55. The molecule has 1 fully saturated rings. The van der Waals surface area contributed by atoms with Crippen LogP contribution < -0.4 is 5.32 Å². The van der Waals surface area contributed by atoms with E-state index in [4.69, 9.17) is 11.5 Å². The lowest BCUT2D eigenvalue weighted by Gasteiger charge is -2.38. The second-order valence-electron chi connectivity index (χ2n) is 5.03. The molecule has 112 valence electrons. The summed E-state index contributed by atoms with van der Waals surface area (Å²) in [4.78, 5) is 26.9. The molecule has 0 bridgehead atoms. The summed E-state index contributed by atoms with van der Waals surface area (Å²) in [5, 5.41) is 11.4. The zero-order valence-corrected chi connectivity index (χ0v) is 12.1. The van der Waals surface area contributed by atoms with Crippen LogP contribution in [0.3, 0.4) is 0 Å². The molecule has 0 aromatic carbocycles. The molecule has 0 radical (unpaired) electrons. The minimum atomic E-state index is -1.10. The van der Waals surface area contributed by atoms with Crippen molar-refractivity contribution in [1.29, 1.82) is 0 Å². The molecule has 0 saturated carbocycles. The van der Waals surface area contributed by atoms with Gasteiger partial charge in [-0.1, -0.05) is 6.92 Å². The normalized spacial score (nSPS) is 18.9. The molecular formula is C14H23N3O3. The lowest BCUT2D eigenvalue weighted by molar-refractivity contribution is -0.139. The summed E-state index contributed by atoms with van der Waals surface area (Å²) in [6.45, 7) is 7.16. The molecule has 1 saturated heterocycles. The predicted octanol–water partition coefficient (Wildman–Crippen LogP) is 0.589. The quantitative estimate of drug-likeness (QED) is 0.723. The fourth-order valence-electron chi connectivity index (χ4n) is 2.18. The van der Waals surface area contributed by atoms with E-state index in [-0.39, 0.29) is 12.5 Å². The van der Waals surface area contributed by atoms with Crippen molar-refractivity contribution in [1.82, 2.24) is 15.1 Å². The lowest BCUT2D eigenvalue weighted by atomic mass is 10.2. The Hall–Kier alpha value is -1.74. The van der Waals surface area contributed by atoms with Gasteiger partial charge in [-0.2, -0.15) is 0 Å². The summed E-state index contributed by atoms with van der Waals surface area (Å²) < 4.78 is 0. The highest BCUT2D eigenvalue weighted by Gasteiger charge is 2.26. The van der Waals surface area contributed by atoms with Gasteiger partial charge in [-0.25, -0.2) is 9.59 Å². The van der Waals surface area contributed by atoms with Crippen molar-refractivity contribution in [3.63, 3.8) is 0 Å². The Labute approximate surface area is 120 Å². The van der Waals surface area contributed by atoms with Crippen molar-refractivity contribution < 1.29 is 14.7 Å². The number of carbonyl (C=O) groups excluding carboxylic acids is 1. The number of nitrogens with zero attached hydrogens (tertiary/aromatic N) is 2. The maximum Gasteiger partial charge on any atom is 0.327 e. The SMILES string of the molecule is C#CCC(NC(=O)N1CCN(C(C)CC)CC1)C(=O)O. The van der Waals surface area contributed by atoms with Gasteiger partial charge in [-0.3, -0.25) is 4.90 Å². The van der Waals surface area contributed by atoms with Crippen LogP contribution in [0.15, 0.2) is 0 Å². The maximum absolute atomic E-state index is 12.0. The molecule has 1 heterocycles. The number of carboxylic acids is 1. The molecule has 0 aromatic rings. The Morgan fingerprint density at radius 1 is 1.35 bits per heavy atom. The van der Waals surface area contributed by atoms with Crippen molar-refractivity contribution in [3.8, 4) is 12.3 Å². The Kier molecular flexibility index (Phi) is 6.32. The van der Waals surface area contributed by atoms with Crippen molar-refractivity contribution in [3.05, 3.63) is 0 Å². The molecule has 1 aliphatic heterocycles. The molecule has 2 atom stereocenters. The van der Waals surface area contributed by atoms with Gasteiger partial charge in [0, 0.05) is 38.6 Å². The first-order valence-electron chi connectivity index (χ1n) is 6.95. The number of carbonyl (C=O) groups is 2. The Balaban J connectivity index is 2.46. The van der Waals surface area contributed by atoms with Crippen LogP contribution in [-0.4, -0.2) is 65.2 Å². The van der Waals surface area contributed by atoms with Gasteiger partial charge in [0.25, 0.3) is 0 Å². The van der Waals surface area contributed by atoms with Gasteiger partial charge in [0.05, 0.1) is 0 Å². The van der Waals surface area contributed by atoms with Gasteiger partial charge in [0.15, 0.2) is 0 Å². The highest BCUT2D eigenvalue weighted by atomic mass is 16.4. The van der Waals surface area contributed by atoms with E-state index in [1.165, 1.54) is 0 Å². The molecular weight excluding hydrogens is 258 g/mol. The van der Waals surface area contributed by atoms with Crippen LogP contribution in [-0.2, 0) is 4.79 Å². The number of terminal acetylenes is 1. The Morgan fingerprint density at radius 3 is 2.40 bits per heavy atom. The fraction of sp³-hybridized carbons (Fsp3) is 0.714. The maximum atomic E-state index is 12.0. The van der Waals surface area contributed by atoms with Crippen LogP contribution in [0.25, 0.3) is 0 Å². The zero-order valence-electron chi connectivity index (χ0n) is 12.1. The highest BCUT2D eigenvalue weighted by Crippen LogP contribution is 2.09. The van der Waals surface area contributed by atoms with Crippen LogP contribution >= 0.6 is 0 Å². The summed E-state index contributed by atoms with van der Waals surface area (Å²) in [7, 11) is 0. The molecule has 2 amide bonds. The molecule has 1 rings (SSSR count). The van der Waals surface area contributed by atoms with E-state index in [9.17, 15) is 9.59 Å². The van der Waals surface area contributed by atoms with Crippen molar-refractivity contribution in [2.45, 2.75) is 38.8 Å². The van der Waals surface area contributed by atoms with Crippen LogP contribution in [0.2, 0.25) is 0 Å². The Bertz CT molecular complexity index is 384. The second kappa shape index (κ2) is 7.75. The van der Waals surface area contributed by atoms with Gasteiger partial charge >= 0.3 is 12.0 Å². The van der Waals surface area contributed by atoms with E-state index < -0.39 is 12.0 Å². The van der Waals surface area contributed by atoms with Gasteiger partial charge in [-0.05, 0) is 13.3 Å². The predicted molar refractivity (Wildman–Crippen MR) is 76.3 cm³/mol. The van der Waals surface area contributed by atoms with E-state index in [0.717, 1.165) is 19.5 Å². The van der Waals surface area contributed by atoms with E-state index in [0.29, 0.717) is 19.1 Å². The number of piperazine rings is 1.